The van der Waals surface area contributed by atoms with Crippen LogP contribution in [0.1, 0.15) is 0 Å². The second-order valence-corrected chi connectivity index (χ2v) is 5.47. The van der Waals surface area contributed by atoms with E-state index in [0.29, 0.717) is 11.8 Å². The summed E-state index contributed by atoms with van der Waals surface area (Å²) >= 11 is 11.8. The Morgan fingerprint density at radius 3 is 2.48 bits per heavy atom. The van der Waals surface area contributed by atoms with E-state index in [1.165, 1.54) is 0 Å². The number of halogens is 2. The summed E-state index contributed by atoms with van der Waals surface area (Å²) in [4.78, 5) is 8.18. The number of rotatable bonds is 5. The minimum Gasteiger partial charge on any atom is -0.368 e. The fourth-order valence-electron chi connectivity index (χ4n) is 2.53. The fourth-order valence-corrected chi connectivity index (χ4v) is 2.93. The van der Waals surface area contributed by atoms with E-state index < -0.39 is 0 Å². The predicted octanol–water partition coefficient (Wildman–Crippen LogP) is 2.80. The number of aryl methyl sites for hydroxylation is 1. The molecule has 1 aromatic carbocycles. The Hall–Kier alpha value is -1.59. The van der Waals surface area contributed by atoms with E-state index in [4.69, 9.17) is 23.2 Å². The van der Waals surface area contributed by atoms with Crippen LogP contribution in [0.5, 0.6) is 0 Å². The van der Waals surface area contributed by atoms with Gasteiger partial charge in [0.15, 0.2) is 0 Å². The molecule has 0 aliphatic heterocycles. The second kappa shape index (κ2) is 6.03. The fraction of sp³-hybridized carbons (Fsp3) is 0.357. The van der Waals surface area contributed by atoms with E-state index in [-0.39, 0.29) is 0 Å². The van der Waals surface area contributed by atoms with Crippen LogP contribution in [0.4, 0.5) is 5.69 Å². The van der Waals surface area contributed by atoms with Crippen LogP contribution in [0.2, 0.25) is 0 Å². The van der Waals surface area contributed by atoms with Crippen LogP contribution in [0.25, 0.3) is 21.9 Å². The Morgan fingerprint density at radius 1 is 1.05 bits per heavy atom. The highest BCUT2D eigenvalue weighted by Gasteiger charge is 2.15. The highest BCUT2D eigenvalue weighted by atomic mass is 35.5. The quantitative estimate of drug-likeness (QED) is 0.677. The van der Waals surface area contributed by atoms with Crippen LogP contribution in [0.15, 0.2) is 24.4 Å². The average molecular weight is 324 g/mol. The van der Waals surface area contributed by atoms with Gasteiger partial charge in [0.25, 0.3) is 0 Å². The molecular formula is C14H15Cl2N5. The van der Waals surface area contributed by atoms with Crippen molar-refractivity contribution in [3.8, 4) is 0 Å². The standard InChI is InChI=1S/C14H15Cl2N5/c1-20-18-11-3-2-10-13(14(11)19-20)12(4-7-17-10)21(8-5-15)9-6-16/h2-4,7H,5-6,8-9H2,1H3. The van der Waals surface area contributed by atoms with Gasteiger partial charge in [-0.25, -0.2) is 0 Å². The molecule has 0 aliphatic carbocycles. The van der Waals surface area contributed by atoms with Crippen LogP contribution in [0.3, 0.4) is 0 Å². The molecular weight excluding hydrogens is 309 g/mol. The summed E-state index contributed by atoms with van der Waals surface area (Å²) in [6, 6.07) is 5.89. The minimum absolute atomic E-state index is 0.539. The van der Waals surface area contributed by atoms with Crippen molar-refractivity contribution in [2.24, 2.45) is 7.05 Å². The number of hydrogen-bond donors (Lipinski definition) is 0. The van der Waals surface area contributed by atoms with Crippen molar-refractivity contribution in [1.82, 2.24) is 20.0 Å². The normalized spacial score (nSPS) is 11.4. The minimum atomic E-state index is 0.539. The van der Waals surface area contributed by atoms with Gasteiger partial charge < -0.3 is 4.90 Å². The first-order chi connectivity index (χ1) is 10.2. The molecule has 3 rings (SSSR count). The summed E-state index contributed by atoms with van der Waals surface area (Å²) in [6.07, 6.45) is 1.80. The summed E-state index contributed by atoms with van der Waals surface area (Å²) < 4.78 is 0. The molecule has 0 N–H and O–H groups in total. The van der Waals surface area contributed by atoms with Crippen molar-refractivity contribution in [2.75, 3.05) is 29.7 Å². The molecule has 0 spiro atoms. The van der Waals surface area contributed by atoms with Gasteiger partial charge in [-0.1, -0.05) is 0 Å². The van der Waals surface area contributed by atoms with Gasteiger partial charge in [-0.05, 0) is 18.2 Å². The molecule has 3 aromatic rings. The molecule has 0 atom stereocenters. The van der Waals surface area contributed by atoms with Gasteiger partial charge in [0.2, 0.25) is 0 Å². The van der Waals surface area contributed by atoms with Gasteiger partial charge in [0.05, 0.1) is 16.6 Å². The van der Waals surface area contributed by atoms with Crippen molar-refractivity contribution in [3.05, 3.63) is 24.4 Å². The number of anilines is 1. The maximum Gasteiger partial charge on any atom is 0.124 e. The Bertz CT molecular complexity index is 764. The molecule has 0 radical (unpaired) electrons. The van der Waals surface area contributed by atoms with Gasteiger partial charge in [-0.15, -0.1) is 23.2 Å². The first-order valence-corrected chi connectivity index (χ1v) is 7.77. The monoisotopic (exact) mass is 323 g/mol. The maximum atomic E-state index is 5.92. The van der Waals surface area contributed by atoms with Crippen molar-refractivity contribution < 1.29 is 0 Å². The topological polar surface area (TPSA) is 46.8 Å². The van der Waals surface area contributed by atoms with Crippen LogP contribution in [0, 0.1) is 0 Å². The maximum absolute atomic E-state index is 5.92. The van der Waals surface area contributed by atoms with Crippen LogP contribution < -0.4 is 4.90 Å². The Labute approximate surface area is 132 Å². The molecule has 0 amide bonds. The number of fused-ring (bicyclic) bond motifs is 3. The molecule has 0 saturated heterocycles. The first-order valence-electron chi connectivity index (χ1n) is 6.70. The van der Waals surface area contributed by atoms with E-state index in [2.05, 4.69) is 20.1 Å². The number of aromatic nitrogens is 4. The second-order valence-electron chi connectivity index (χ2n) is 4.71. The third-order valence-corrected chi connectivity index (χ3v) is 3.72. The lowest BCUT2D eigenvalue weighted by Crippen LogP contribution is -2.27. The molecule has 0 fully saturated rings. The molecule has 7 heteroatoms. The van der Waals surface area contributed by atoms with Gasteiger partial charge in [0.1, 0.15) is 11.0 Å². The number of hydrogen-bond acceptors (Lipinski definition) is 4. The third kappa shape index (κ3) is 2.63. The van der Waals surface area contributed by atoms with E-state index in [0.717, 1.165) is 40.7 Å². The Kier molecular flexibility index (Phi) is 4.12. The van der Waals surface area contributed by atoms with E-state index >= 15 is 0 Å². The lowest BCUT2D eigenvalue weighted by molar-refractivity contribution is 0.665. The molecule has 2 heterocycles. The molecule has 0 unspecified atom stereocenters. The zero-order chi connectivity index (χ0) is 14.8. The predicted molar refractivity (Wildman–Crippen MR) is 87.5 cm³/mol. The number of pyridine rings is 1. The lowest BCUT2D eigenvalue weighted by Gasteiger charge is -2.24. The number of alkyl halides is 2. The van der Waals surface area contributed by atoms with Crippen LogP contribution >= 0.6 is 23.2 Å². The summed E-state index contributed by atoms with van der Waals surface area (Å²) in [5.74, 6) is 1.08. The average Bonchev–Trinajstić information content (AvgIpc) is 2.87. The largest absolute Gasteiger partial charge is 0.368 e. The zero-order valence-electron chi connectivity index (χ0n) is 11.6. The highest BCUT2D eigenvalue weighted by molar-refractivity contribution is 6.19. The summed E-state index contributed by atoms with van der Waals surface area (Å²) in [6.45, 7) is 1.45. The number of nitrogens with zero attached hydrogens (tertiary/aromatic N) is 5. The molecule has 0 bridgehead atoms. The van der Waals surface area contributed by atoms with Crippen LogP contribution in [-0.4, -0.2) is 44.8 Å². The third-order valence-electron chi connectivity index (χ3n) is 3.38. The summed E-state index contributed by atoms with van der Waals surface area (Å²) in [7, 11) is 1.82. The van der Waals surface area contributed by atoms with Crippen molar-refractivity contribution in [3.63, 3.8) is 0 Å². The lowest BCUT2D eigenvalue weighted by atomic mass is 10.1. The Balaban J connectivity index is 2.27. The van der Waals surface area contributed by atoms with Gasteiger partial charge in [-0.3, -0.25) is 4.98 Å². The molecule has 0 aliphatic rings. The summed E-state index contributed by atoms with van der Waals surface area (Å²) in [5.41, 5.74) is 3.66. The van der Waals surface area contributed by atoms with Crippen molar-refractivity contribution >= 4 is 50.8 Å². The molecule has 2 aromatic heterocycles. The van der Waals surface area contributed by atoms with Gasteiger partial charge in [-0.2, -0.15) is 15.0 Å². The van der Waals surface area contributed by atoms with E-state index in [9.17, 15) is 0 Å². The van der Waals surface area contributed by atoms with E-state index in [1.807, 2.05) is 25.2 Å². The van der Waals surface area contributed by atoms with E-state index in [1.54, 1.807) is 11.0 Å². The van der Waals surface area contributed by atoms with Gasteiger partial charge in [0, 0.05) is 38.1 Å². The molecule has 110 valence electrons. The Morgan fingerprint density at radius 2 is 1.76 bits per heavy atom. The summed E-state index contributed by atoms with van der Waals surface area (Å²) in [5, 5.41) is 9.84. The van der Waals surface area contributed by atoms with Crippen molar-refractivity contribution in [2.45, 2.75) is 0 Å². The van der Waals surface area contributed by atoms with Crippen molar-refractivity contribution in [1.29, 1.82) is 0 Å². The number of benzene rings is 1. The first kappa shape index (κ1) is 14.4. The molecule has 5 nitrogen and oxygen atoms in total. The van der Waals surface area contributed by atoms with Crippen LogP contribution in [-0.2, 0) is 7.05 Å². The zero-order valence-corrected chi connectivity index (χ0v) is 13.1. The molecule has 0 saturated carbocycles. The smallest absolute Gasteiger partial charge is 0.124 e. The highest BCUT2D eigenvalue weighted by Crippen LogP contribution is 2.30. The van der Waals surface area contributed by atoms with Gasteiger partial charge >= 0.3 is 0 Å². The molecule has 21 heavy (non-hydrogen) atoms. The SMILES string of the molecule is Cn1nc2ccc3nccc(N(CCCl)CCCl)c3c2n1.